The molecule has 2 aromatic heterocycles. The minimum Gasteiger partial charge on any atom is -0.480 e. The van der Waals surface area contributed by atoms with E-state index in [9.17, 15) is 19.8 Å². The van der Waals surface area contributed by atoms with Crippen LogP contribution >= 0.6 is 0 Å². The van der Waals surface area contributed by atoms with Crippen LogP contribution in [0.4, 0.5) is 0 Å². The summed E-state index contributed by atoms with van der Waals surface area (Å²) in [6.07, 6.45) is 0. The third-order valence-corrected chi connectivity index (χ3v) is 5.21. The zero-order valence-electron chi connectivity index (χ0n) is 16.5. The Morgan fingerprint density at radius 3 is 2.44 bits per heavy atom. The molecule has 3 aromatic carbocycles. The second kappa shape index (κ2) is 7.55. The van der Waals surface area contributed by atoms with Gasteiger partial charge in [0.2, 0.25) is 0 Å². The Bertz CT molecular complexity index is 1510. The van der Waals surface area contributed by atoms with E-state index >= 15 is 0 Å². The van der Waals surface area contributed by atoms with E-state index in [-0.39, 0.29) is 18.1 Å². The van der Waals surface area contributed by atoms with Gasteiger partial charge in [0.05, 0.1) is 23.1 Å². The lowest BCUT2D eigenvalue weighted by atomic mass is 9.98. The largest absolute Gasteiger partial charge is 0.480 e. The van der Waals surface area contributed by atoms with Crippen molar-refractivity contribution in [3.8, 4) is 28.5 Å². The smallest absolute Gasteiger partial charge is 0.439 e. The monoisotopic (exact) mass is 428 g/mol. The van der Waals surface area contributed by atoms with E-state index in [4.69, 9.17) is 0 Å². The summed E-state index contributed by atoms with van der Waals surface area (Å²) in [7, 11) is 0. The first-order valence-electron chi connectivity index (χ1n) is 9.67. The number of benzene rings is 3. The molecular weight excluding hydrogens is 412 g/mol. The van der Waals surface area contributed by atoms with Gasteiger partial charge >= 0.3 is 11.7 Å². The third-order valence-electron chi connectivity index (χ3n) is 5.21. The molecule has 0 spiro atoms. The molecule has 3 N–H and O–H groups in total. The number of nitrogens with one attached hydrogen (secondary N) is 1. The highest BCUT2D eigenvalue weighted by Gasteiger charge is 2.18. The van der Waals surface area contributed by atoms with Gasteiger partial charge in [0.15, 0.2) is 5.82 Å². The molecule has 5 aromatic rings. The number of imidazole rings is 1. The second-order valence-corrected chi connectivity index (χ2v) is 7.16. The summed E-state index contributed by atoms with van der Waals surface area (Å²) >= 11 is 0. The summed E-state index contributed by atoms with van der Waals surface area (Å²) in [5.74, 6) is -1.38. The van der Waals surface area contributed by atoms with Crippen molar-refractivity contribution in [1.82, 2.24) is 19.7 Å². The Kier molecular flexibility index (Phi) is 4.55. The minimum atomic E-state index is -1.09. The molecular formula is C23H16N4O5. The highest BCUT2D eigenvalue weighted by atomic mass is 16.5. The molecule has 0 atom stereocenters. The van der Waals surface area contributed by atoms with Gasteiger partial charge in [0.25, 0.3) is 6.01 Å². The van der Waals surface area contributed by atoms with Crippen molar-refractivity contribution in [2.45, 2.75) is 6.54 Å². The fourth-order valence-corrected chi connectivity index (χ4v) is 3.76. The summed E-state index contributed by atoms with van der Waals surface area (Å²) in [5, 5.41) is 23.6. The van der Waals surface area contributed by atoms with Crippen molar-refractivity contribution >= 4 is 17.0 Å². The van der Waals surface area contributed by atoms with Gasteiger partial charge in [-0.25, -0.2) is 9.59 Å². The molecule has 0 amide bonds. The number of fused-ring (bicyclic) bond motifs is 1. The molecule has 0 saturated carbocycles. The lowest BCUT2D eigenvalue weighted by molar-refractivity contribution is 0.0698. The number of para-hydroxylation sites is 1. The van der Waals surface area contributed by atoms with Crippen LogP contribution < -0.4 is 5.76 Å². The van der Waals surface area contributed by atoms with Crippen molar-refractivity contribution in [2.75, 3.05) is 0 Å². The van der Waals surface area contributed by atoms with E-state index < -0.39 is 11.7 Å². The Labute approximate surface area is 180 Å². The highest BCUT2D eigenvalue weighted by Crippen LogP contribution is 2.30. The van der Waals surface area contributed by atoms with Crippen LogP contribution in [0.3, 0.4) is 0 Å². The topological polar surface area (TPSA) is 134 Å². The van der Waals surface area contributed by atoms with E-state index in [1.807, 2.05) is 48.5 Å². The molecule has 0 unspecified atom stereocenters. The molecule has 0 radical (unpaired) electrons. The van der Waals surface area contributed by atoms with Crippen molar-refractivity contribution in [2.24, 2.45) is 0 Å². The number of carbonyl (C=O) groups is 1. The molecule has 2 heterocycles. The van der Waals surface area contributed by atoms with Crippen LogP contribution in [0.5, 0.6) is 6.01 Å². The van der Waals surface area contributed by atoms with Gasteiger partial charge in [-0.15, -0.1) is 0 Å². The number of aromatic carboxylic acids is 1. The lowest BCUT2D eigenvalue weighted by Gasteiger charge is -2.10. The van der Waals surface area contributed by atoms with Crippen LogP contribution in [0.2, 0.25) is 0 Å². The van der Waals surface area contributed by atoms with Crippen molar-refractivity contribution in [3.05, 3.63) is 88.4 Å². The quantitative estimate of drug-likeness (QED) is 0.390. The van der Waals surface area contributed by atoms with Crippen LogP contribution in [0.15, 0.2) is 76.0 Å². The summed E-state index contributed by atoms with van der Waals surface area (Å²) in [6.45, 7) is 0.241. The highest BCUT2D eigenvalue weighted by molar-refractivity contribution is 6.01. The second-order valence-electron chi connectivity index (χ2n) is 7.16. The Balaban J connectivity index is 1.51. The lowest BCUT2D eigenvalue weighted by Crippen LogP contribution is -2.04. The predicted molar refractivity (Wildman–Crippen MR) is 115 cm³/mol. The SMILES string of the molecule is O=C(O)c1cccc2nc(O)n(Cc3ccc(-c4ccccc4-c4noc(=O)[nH]4)cc3)c12. The van der Waals surface area contributed by atoms with Gasteiger partial charge in [-0.2, -0.15) is 4.98 Å². The first-order chi connectivity index (χ1) is 15.5. The molecule has 5 rings (SSSR count). The van der Waals surface area contributed by atoms with Crippen molar-refractivity contribution < 1.29 is 19.5 Å². The van der Waals surface area contributed by atoms with Crippen LogP contribution in [0.25, 0.3) is 33.5 Å². The molecule has 32 heavy (non-hydrogen) atoms. The predicted octanol–water partition coefficient (Wildman–Crippen LogP) is 3.50. The summed E-state index contributed by atoms with van der Waals surface area (Å²) < 4.78 is 6.10. The molecule has 9 nitrogen and oxygen atoms in total. The summed E-state index contributed by atoms with van der Waals surface area (Å²) in [5.41, 5.74) is 4.15. The van der Waals surface area contributed by atoms with Gasteiger partial charge < -0.3 is 10.2 Å². The van der Waals surface area contributed by atoms with Crippen molar-refractivity contribution in [3.63, 3.8) is 0 Å². The van der Waals surface area contributed by atoms with E-state index in [1.54, 1.807) is 12.1 Å². The number of aromatic nitrogens is 4. The van der Waals surface area contributed by atoms with Gasteiger partial charge in [-0.05, 0) is 28.8 Å². The molecule has 0 aliphatic rings. The molecule has 9 heteroatoms. The fraction of sp³-hybridized carbons (Fsp3) is 0.0435. The molecule has 158 valence electrons. The first kappa shape index (κ1) is 19.3. The zero-order valence-corrected chi connectivity index (χ0v) is 16.5. The summed E-state index contributed by atoms with van der Waals surface area (Å²) in [6, 6.07) is 19.5. The standard InChI is InChI=1S/C23H16N4O5/c28-21(29)17-6-3-7-18-19(17)27(22(30)24-18)12-13-8-10-14(11-9-13)15-4-1-2-5-16(15)20-25-23(31)32-26-20/h1-11H,12H2,(H,24,30)(H,28,29)(H,25,26,31). The van der Waals surface area contributed by atoms with Crippen LogP contribution in [0.1, 0.15) is 15.9 Å². The fourth-order valence-electron chi connectivity index (χ4n) is 3.76. The van der Waals surface area contributed by atoms with E-state index in [1.165, 1.54) is 10.6 Å². The summed E-state index contributed by atoms with van der Waals surface area (Å²) in [4.78, 5) is 29.6. The maximum absolute atomic E-state index is 11.6. The first-order valence-corrected chi connectivity index (χ1v) is 9.67. The van der Waals surface area contributed by atoms with Gasteiger partial charge in [0, 0.05) is 5.56 Å². The number of carboxylic acids is 1. The Hall–Kier alpha value is -4.66. The zero-order chi connectivity index (χ0) is 22.2. The maximum Gasteiger partial charge on any atom is 0.439 e. The molecule has 0 bridgehead atoms. The van der Waals surface area contributed by atoms with Gasteiger partial charge in [-0.1, -0.05) is 59.8 Å². The Morgan fingerprint density at radius 2 is 1.75 bits per heavy atom. The van der Waals surface area contributed by atoms with Crippen LogP contribution in [-0.4, -0.2) is 35.9 Å². The number of nitrogens with zero attached hydrogens (tertiary/aromatic N) is 3. The van der Waals surface area contributed by atoms with Gasteiger partial charge in [0.1, 0.15) is 0 Å². The average Bonchev–Trinajstić information content (AvgIpc) is 3.37. The van der Waals surface area contributed by atoms with E-state index in [0.717, 1.165) is 22.3 Å². The molecule has 0 saturated heterocycles. The third kappa shape index (κ3) is 3.31. The number of carboxylic acid groups (broad SMARTS) is 1. The van der Waals surface area contributed by atoms with Crippen molar-refractivity contribution in [1.29, 1.82) is 0 Å². The molecule has 0 fully saturated rings. The number of aromatic amines is 1. The van der Waals surface area contributed by atoms with Crippen LogP contribution in [0, 0.1) is 0 Å². The number of hydrogen-bond acceptors (Lipinski definition) is 6. The van der Waals surface area contributed by atoms with E-state index in [2.05, 4.69) is 19.6 Å². The van der Waals surface area contributed by atoms with Crippen LogP contribution in [-0.2, 0) is 6.54 Å². The average molecular weight is 428 g/mol. The Morgan fingerprint density at radius 1 is 1.00 bits per heavy atom. The normalized spacial score (nSPS) is 11.1. The molecule has 0 aliphatic carbocycles. The number of hydrogen-bond donors (Lipinski definition) is 3. The minimum absolute atomic E-state index is 0.0717. The van der Waals surface area contributed by atoms with Gasteiger partial charge in [-0.3, -0.25) is 14.1 Å². The number of aromatic hydroxyl groups is 1. The number of H-pyrrole nitrogens is 1. The molecule has 0 aliphatic heterocycles. The van der Waals surface area contributed by atoms with E-state index in [0.29, 0.717) is 16.9 Å². The maximum atomic E-state index is 11.6. The number of rotatable bonds is 5.